The van der Waals surface area contributed by atoms with Gasteiger partial charge in [0.05, 0.1) is 11.5 Å². The number of nitrogens with one attached hydrogen (secondary N) is 1. The highest BCUT2D eigenvalue weighted by Gasteiger charge is 2.41. The Bertz CT molecular complexity index is 481. The fraction of sp³-hybridized carbons (Fsp3) is 0.667. The third-order valence-electron chi connectivity index (χ3n) is 4.26. The summed E-state index contributed by atoms with van der Waals surface area (Å²) in [7, 11) is 0. The van der Waals surface area contributed by atoms with Crippen LogP contribution in [0.2, 0.25) is 0 Å². The van der Waals surface area contributed by atoms with Crippen LogP contribution in [0.4, 0.5) is 0 Å². The van der Waals surface area contributed by atoms with E-state index in [0.717, 1.165) is 30.7 Å². The molecule has 5 nitrogen and oxygen atoms in total. The quantitative estimate of drug-likeness (QED) is 0.846. The maximum Gasteiger partial charge on any atom is 0.310 e. The fourth-order valence-corrected chi connectivity index (χ4v) is 3.77. The number of aromatic nitrogens is 1. The molecule has 1 unspecified atom stereocenters. The van der Waals surface area contributed by atoms with Gasteiger partial charge < -0.3 is 10.4 Å². The molecule has 0 saturated heterocycles. The van der Waals surface area contributed by atoms with Crippen molar-refractivity contribution in [1.29, 1.82) is 0 Å². The lowest BCUT2D eigenvalue weighted by Gasteiger charge is -2.32. The maximum atomic E-state index is 12.3. The number of rotatable bonds is 6. The highest BCUT2D eigenvalue weighted by Crippen LogP contribution is 2.39. The third kappa shape index (κ3) is 3.81. The average Bonchev–Trinajstić information content (AvgIpc) is 2.99. The van der Waals surface area contributed by atoms with Gasteiger partial charge in [-0.3, -0.25) is 9.59 Å². The van der Waals surface area contributed by atoms with E-state index in [1.165, 1.54) is 11.3 Å². The molecule has 0 radical (unpaired) electrons. The lowest BCUT2D eigenvalue weighted by Crippen LogP contribution is -2.40. The number of amides is 1. The molecule has 1 aliphatic rings. The van der Waals surface area contributed by atoms with Gasteiger partial charge in [-0.05, 0) is 19.3 Å². The lowest BCUT2D eigenvalue weighted by molar-refractivity contribution is -0.154. The Kier molecular flexibility index (Phi) is 5.33. The van der Waals surface area contributed by atoms with Crippen LogP contribution in [0, 0.1) is 5.41 Å². The highest BCUT2D eigenvalue weighted by molar-refractivity contribution is 7.09. The van der Waals surface area contributed by atoms with Gasteiger partial charge in [-0.2, -0.15) is 0 Å². The molecule has 0 spiro atoms. The molecule has 116 valence electrons. The summed E-state index contributed by atoms with van der Waals surface area (Å²) in [5.41, 5.74) is -0.872. The molecular weight excluding hydrogens is 288 g/mol. The van der Waals surface area contributed by atoms with Crippen LogP contribution >= 0.6 is 11.3 Å². The summed E-state index contributed by atoms with van der Waals surface area (Å²) in [6.07, 6.45) is 6.59. The molecular formula is C15H22N2O3S. The Morgan fingerprint density at radius 3 is 2.67 bits per heavy atom. The molecule has 0 aliphatic heterocycles. The summed E-state index contributed by atoms with van der Waals surface area (Å²) in [6.45, 7) is 1.99. The molecule has 1 amide bonds. The van der Waals surface area contributed by atoms with Gasteiger partial charge in [0, 0.05) is 18.0 Å². The maximum absolute atomic E-state index is 12.3. The molecule has 1 saturated carbocycles. The molecule has 1 aromatic rings. The molecule has 1 heterocycles. The van der Waals surface area contributed by atoms with Gasteiger partial charge in [-0.25, -0.2) is 4.98 Å². The van der Waals surface area contributed by atoms with Crippen molar-refractivity contribution in [2.24, 2.45) is 5.41 Å². The average molecular weight is 310 g/mol. The first-order chi connectivity index (χ1) is 10.1. The van der Waals surface area contributed by atoms with E-state index >= 15 is 0 Å². The molecule has 1 atom stereocenters. The number of nitrogens with zero attached hydrogens (tertiary/aromatic N) is 1. The Morgan fingerprint density at radius 2 is 2.14 bits per heavy atom. The van der Waals surface area contributed by atoms with Crippen LogP contribution in [0.5, 0.6) is 0 Å². The van der Waals surface area contributed by atoms with Crippen molar-refractivity contribution in [1.82, 2.24) is 10.3 Å². The molecule has 2 rings (SSSR count). The minimum atomic E-state index is -0.872. The monoisotopic (exact) mass is 310 g/mol. The molecule has 6 heteroatoms. The third-order valence-corrected chi connectivity index (χ3v) is 5.15. The van der Waals surface area contributed by atoms with E-state index in [1.54, 1.807) is 6.20 Å². The number of carbonyl (C=O) groups is 2. The Hall–Kier alpha value is -1.43. The van der Waals surface area contributed by atoms with Crippen molar-refractivity contribution < 1.29 is 14.7 Å². The Morgan fingerprint density at radius 1 is 1.43 bits per heavy atom. The second kappa shape index (κ2) is 7.02. The number of hydrogen-bond acceptors (Lipinski definition) is 4. The van der Waals surface area contributed by atoms with Crippen LogP contribution in [0.3, 0.4) is 0 Å². The SMILES string of the molecule is CCC(NC(=O)CC1(C(=O)O)CCCCC1)c1nccs1. The van der Waals surface area contributed by atoms with E-state index in [4.69, 9.17) is 0 Å². The van der Waals surface area contributed by atoms with Crippen LogP contribution in [0.25, 0.3) is 0 Å². The van der Waals surface area contributed by atoms with E-state index in [0.29, 0.717) is 12.8 Å². The van der Waals surface area contributed by atoms with E-state index < -0.39 is 11.4 Å². The number of thiazole rings is 1. The van der Waals surface area contributed by atoms with Crippen molar-refractivity contribution in [3.8, 4) is 0 Å². The van der Waals surface area contributed by atoms with Gasteiger partial charge in [-0.1, -0.05) is 26.2 Å². The van der Waals surface area contributed by atoms with Gasteiger partial charge in [0.25, 0.3) is 0 Å². The van der Waals surface area contributed by atoms with Gasteiger partial charge in [-0.15, -0.1) is 11.3 Å². The summed E-state index contributed by atoms with van der Waals surface area (Å²) >= 11 is 1.51. The minimum Gasteiger partial charge on any atom is -0.481 e. The summed E-state index contributed by atoms with van der Waals surface area (Å²) in [6, 6.07) is -0.119. The van der Waals surface area contributed by atoms with Crippen LogP contribution in [0.15, 0.2) is 11.6 Å². The smallest absolute Gasteiger partial charge is 0.310 e. The summed E-state index contributed by atoms with van der Waals surface area (Å²) in [5.74, 6) is -1.01. The summed E-state index contributed by atoms with van der Waals surface area (Å²) < 4.78 is 0. The molecule has 0 aromatic carbocycles. The van der Waals surface area contributed by atoms with Crippen LogP contribution in [-0.2, 0) is 9.59 Å². The molecule has 2 N–H and O–H groups in total. The zero-order valence-electron chi connectivity index (χ0n) is 12.3. The second-order valence-electron chi connectivity index (χ2n) is 5.72. The van der Waals surface area contributed by atoms with Crippen LogP contribution < -0.4 is 5.32 Å². The standard InChI is InChI=1S/C15H22N2O3S/c1-2-11(13-16-8-9-21-13)17-12(18)10-15(14(19)20)6-4-3-5-7-15/h8-9,11H,2-7,10H2,1H3,(H,17,18)(H,19,20). The number of carbonyl (C=O) groups excluding carboxylic acids is 1. The van der Waals surface area contributed by atoms with Crippen LogP contribution in [-0.4, -0.2) is 22.0 Å². The zero-order chi connectivity index (χ0) is 15.3. The van der Waals surface area contributed by atoms with Crippen molar-refractivity contribution in [2.75, 3.05) is 0 Å². The van der Waals surface area contributed by atoms with E-state index in [9.17, 15) is 14.7 Å². The van der Waals surface area contributed by atoms with Gasteiger partial charge in [0.15, 0.2) is 0 Å². The molecule has 1 fully saturated rings. The molecule has 21 heavy (non-hydrogen) atoms. The first-order valence-electron chi connectivity index (χ1n) is 7.49. The molecule has 1 aliphatic carbocycles. The summed E-state index contributed by atoms with van der Waals surface area (Å²) in [5, 5.41) is 15.2. The van der Waals surface area contributed by atoms with Crippen molar-refractivity contribution in [3.05, 3.63) is 16.6 Å². The summed E-state index contributed by atoms with van der Waals surface area (Å²) in [4.78, 5) is 28.1. The van der Waals surface area contributed by atoms with Crippen molar-refractivity contribution in [2.45, 2.75) is 57.9 Å². The second-order valence-corrected chi connectivity index (χ2v) is 6.65. The largest absolute Gasteiger partial charge is 0.481 e. The van der Waals surface area contributed by atoms with Crippen molar-refractivity contribution in [3.63, 3.8) is 0 Å². The highest BCUT2D eigenvalue weighted by atomic mass is 32.1. The van der Waals surface area contributed by atoms with E-state index in [2.05, 4.69) is 10.3 Å². The fourth-order valence-electron chi connectivity index (χ4n) is 2.99. The Labute approximate surface area is 128 Å². The number of carboxylic acids is 1. The zero-order valence-corrected chi connectivity index (χ0v) is 13.1. The minimum absolute atomic E-state index is 0.0736. The number of aliphatic carboxylic acids is 1. The van der Waals surface area contributed by atoms with Crippen LogP contribution in [0.1, 0.15) is 62.9 Å². The van der Waals surface area contributed by atoms with E-state index in [1.807, 2.05) is 12.3 Å². The van der Waals surface area contributed by atoms with Gasteiger partial charge in [0.1, 0.15) is 5.01 Å². The first kappa shape index (κ1) is 15.9. The lowest BCUT2D eigenvalue weighted by atomic mass is 9.71. The number of carboxylic acid groups (broad SMARTS) is 1. The Balaban J connectivity index is 2.00. The normalized spacial score (nSPS) is 18.9. The van der Waals surface area contributed by atoms with E-state index in [-0.39, 0.29) is 18.4 Å². The van der Waals surface area contributed by atoms with Gasteiger partial charge >= 0.3 is 5.97 Å². The van der Waals surface area contributed by atoms with Gasteiger partial charge in [0.2, 0.25) is 5.91 Å². The topological polar surface area (TPSA) is 79.3 Å². The van der Waals surface area contributed by atoms with Crippen molar-refractivity contribution >= 4 is 23.2 Å². The predicted octanol–water partition coefficient (Wildman–Crippen LogP) is 3.14. The number of hydrogen-bond donors (Lipinski definition) is 2. The molecule has 1 aromatic heterocycles. The predicted molar refractivity (Wildman–Crippen MR) is 81.1 cm³/mol. The first-order valence-corrected chi connectivity index (χ1v) is 8.37. The molecule has 0 bridgehead atoms.